The maximum atomic E-state index is 12.7. The molecule has 1 N–H and O–H groups in total. The maximum absolute atomic E-state index is 12.7. The summed E-state index contributed by atoms with van der Waals surface area (Å²) < 4.78 is 14.0. The fourth-order valence-electron chi connectivity index (χ4n) is 6.10. The average Bonchev–Trinajstić information content (AvgIpc) is 3.49. The highest BCUT2D eigenvalue weighted by molar-refractivity contribution is 6.02. The van der Waals surface area contributed by atoms with Gasteiger partial charge in [0.25, 0.3) is 0 Å². The lowest BCUT2D eigenvalue weighted by Gasteiger charge is -2.27. The van der Waals surface area contributed by atoms with Crippen molar-refractivity contribution in [2.45, 2.75) is 33.2 Å². The molecule has 3 heterocycles. The lowest BCUT2D eigenvalue weighted by Crippen LogP contribution is -2.38. The topological polar surface area (TPSA) is 72.4 Å². The van der Waals surface area contributed by atoms with Crippen molar-refractivity contribution >= 4 is 28.0 Å². The molecule has 6 rings (SSSR count). The number of H-pyrrole nitrogens is 1. The van der Waals surface area contributed by atoms with E-state index in [2.05, 4.69) is 63.0 Å². The molecule has 7 heteroatoms. The highest BCUT2D eigenvalue weighted by Gasteiger charge is 2.22. The van der Waals surface area contributed by atoms with Crippen LogP contribution in [0.5, 0.6) is 5.75 Å². The van der Waals surface area contributed by atoms with E-state index in [1.165, 1.54) is 5.39 Å². The van der Waals surface area contributed by atoms with E-state index < -0.39 is 0 Å². The molecule has 2 aromatic heterocycles. The molecule has 0 unspecified atom stereocenters. The monoisotopic (exact) mass is 536 g/mol. The first-order valence-corrected chi connectivity index (χ1v) is 14.2. The molecule has 40 heavy (non-hydrogen) atoms. The molecule has 0 radical (unpaired) electrons. The SMILES string of the molecule is Cc1n[nH]c(C)c1-c1cccc2c(CCCOc3cccc4ccccc34)c(C=O)n(CCN3CCOCC3)c12. The second kappa shape index (κ2) is 11.7. The molecule has 0 aliphatic carbocycles. The van der Waals surface area contributed by atoms with Crippen molar-refractivity contribution in [2.24, 2.45) is 0 Å². The van der Waals surface area contributed by atoms with Crippen molar-refractivity contribution in [1.82, 2.24) is 19.7 Å². The van der Waals surface area contributed by atoms with E-state index in [0.29, 0.717) is 6.61 Å². The highest BCUT2D eigenvalue weighted by Crippen LogP contribution is 2.37. The van der Waals surface area contributed by atoms with Crippen molar-refractivity contribution in [3.05, 3.63) is 83.3 Å². The Hall–Kier alpha value is -3.94. The summed E-state index contributed by atoms with van der Waals surface area (Å²) in [6.45, 7) is 9.63. The second-order valence-electron chi connectivity index (χ2n) is 10.5. The number of morpholine rings is 1. The number of para-hydroxylation sites is 1. The molecule has 0 bridgehead atoms. The quantitative estimate of drug-likeness (QED) is 0.176. The first kappa shape index (κ1) is 26.3. The zero-order chi connectivity index (χ0) is 27.5. The van der Waals surface area contributed by atoms with Crippen LogP contribution in [0, 0.1) is 13.8 Å². The molecule has 5 aromatic rings. The van der Waals surface area contributed by atoms with Gasteiger partial charge in [-0.15, -0.1) is 0 Å². The lowest BCUT2D eigenvalue weighted by atomic mass is 9.99. The van der Waals surface area contributed by atoms with Crippen molar-refractivity contribution in [1.29, 1.82) is 0 Å². The van der Waals surface area contributed by atoms with Gasteiger partial charge in [-0.2, -0.15) is 5.10 Å². The van der Waals surface area contributed by atoms with Crippen LogP contribution in [0.2, 0.25) is 0 Å². The normalized spacial score (nSPS) is 14.2. The molecule has 7 nitrogen and oxygen atoms in total. The lowest BCUT2D eigenvalue weighted by molar-refractivity contribution is 0.0364. The van der Waals surface area contributed by atoms with Crippen molar-refractivity contribution in [3.8, 4) is 16.9 Å². The Balaban J connectivity index is 1.32. The number of ether oxygens (including phenoxy) is 2. The number of carbonyl (C=O) groups excluding carboxylic acids is 1. The van der Waals surface area contributed by atoms with Crippen molar-refractivity contribution < 1.29 is 14.3 Å². The van der Waals surface area contributed by atoms with Gasteiger partial charge in [0.2, 0.25) is 0 Å². The number of aromatic amines is 1. The number of nitrogens with zero attached hydrogens (tertiary/aromatic N) is 3. The van der Waals surface area contributed by atoms with Crippen LogP contribution in [-0.2, 0) is 17.7 Å². The molecule has 0 atom stereocenters. The summed E-state index contributed by atoms with van der Waals surface area (Å²) in [4.78, 5) is 15.1. The molecule has 1 fully saturated rings. The van der Waals surface area contributed by atoms with Crippen molar-refractivity contribution in [2.75, 3.05) is 39.5 Å². The number of rotatable bonds is 10. The highest BCUT2D eigenvalue weighted by atomic mass is 16.5. The molecule has 0 saturated carbocycles. The smallest absolute Gasteiger partial charge is 0.166 e. The Morgan fingerprint density at radius 1 is 0.975 bits per heavy atom. The third-order valence-corrected chi connectivity index (χ3v) is 8.06. The summed E-state index contributed by atoms with van der Waals surface area (Å²) in [5.41, 5.74) is 7.18. The number of aromatic nitrogens is 3. The number of benzene rings is 3. The molecule has 0 amide bonds. The summed E-state index contributed by atoms with van der Waals surface area (Å²) in [6.07, 6.45) is 2.60. The van der Waals surface area contributed by atoms with Gasteiger partial charge in [0.1, 0.15) is 5.75 Å². The van der Waals surface area contributed by atoms with Gasteiger partial charge in [0.15, 0.2) is 6.29 Å². The molecule has 206 valence electrons. The predicted molar refractivity (Wildman–Crippen MR) is 159 cm³/mol. The van der Waals surface area contributed by atoms with Gasteiger partial charge < -0.3 is 14.0 Å². The van der Waals surface area contributed by atoms with E-state index in [-0.39, 0.29) is 0 Å². The first-order chi connectivity index (χ1) is 19.7. The second-order valence-corrected chi connectivity index (χ2v) is 10.5. The molecular formula is C33H36N4O3. The minimum absolute atomic E-state index is 0.576. The largest absolute Gasteiger partial charge is 0.493 e. The van der Waals surface area contributed by atoms with E-state index in [9.17, 15) is 4.79 Å². The van der Waals surface area contributed by atoms with Gasteiger partial charge in [-0.3, -0.25) is 14.8 Å². The van der Waals surface area contributed by atoms with Crippen LogP contribution in [-0.4, -0.2) is 65.4 Å². The fraction of sp³-hybridized carbons (Fsp3) is 0.333. The van der Waals surface area contributed by atoms with E-state index >= 15 is 0 Å². The number of fused-ring (bicyclic) bond motifs is 2. The van der Waals surface area contributed by atoms with Crippen LogP contribution >= 0.6 is 0 Å². The maximum Gasteiger partial charge on any atom is 0.166 e. The van der Waals surface area contributed by atoms with Crippen molar-refractivity contribution in [3.63, 3.8) is 0 Å². The molecule has 1 aliphatic heterocycles. The number of hydrogen-bond donors (Lipinski definition) is 1. The van der Waals surface area contributed by atoms with E-state index in [1.54, 1.807) is 0 Å². The number of aryl methyl sites for hydroxylation is 3. The number of hydrogen-bond acceptors (Lipinski definition) is 5. The van der Waals surface area contributed by atoms with Gasteiger partial charge in [0, 0.05) is 53.8 Å². The van der Waals surface area contributed by atoms with Crippen LogP contribution < -0.4 is 4.74 Å². The summed E-state index contributed by atoms with van der Waals surface area (Å²) in [7, 11) is 0. The Morgan fingerprint density at radius 3 is 2.55 bits per heavy atom. The Kier molecular flexibility index (Phi) is 7.66. The third-order valence-electron chi connectivity index (χ3n) is 8.06. The predicted octanol–water partition coefficient (Wildman–Crippen LogP) is 5.96. The Bertz CT molecular complexity index is 1620. The van der Waals surface area contributed by atoms with Crippen LogP contribution in [0.3, 0.4) is 0 Å². The molecule has 1 aliphatic rings. The van der Waals surface area contributed by atoms with Gasteiger partial charge in [-0.25, -0.2) is 0 Å². The Morgan fingerprint density at radius 2 is 1.75 bits per heavy atom. The van der Waals surface area contributed by atoms with Gasteiger partial charge in [-0.1, -0.05) is 54.6 Å². The Labute approximate surface area is 234 Å². The third kappa shape index (κ3) is 5.03. The number of aldehydes is 1. The van der Waals surface area contributed by atoms with Crippen LogP contribution in [0.25, 0.3) is 32.8 Å². The van der Waals surface area contributed by atoms with Gasteiger partial charge in [0.05, 0.1) is 36.7 Å². The van der Waals surface area contributed by atoms with E-state index in [0.717, 1.165) is 114 Å². The summed E-state index contributed by atoms with van der Waals surface area (Å²) in [5.74, 6) is 0.898. The first-order valence-electron chi connectivity index (χ1n) is 14.2. The number of nitrogens with one attached hydrogen (secondary N) is 1. The van der Waals surface area contributed by atoms with Gasteiger partial charge in [-0.05, 0) is 43.7 Å². The molecule has 1 saturated heterocycles. The zero-order valence-corrected chi connectivity index (χ0v) is 23.3. The minimum atomic E-state index is 0.576. The summed E-state index contributed by atoms with van der Waals surface area (Å²) >= 11 is 0. The van der Waals surface area contributed by atoms with Crippen LogP contribution in [0.4, 0.5) is 0 Å². The van der Waals surface area contributed by atoms with Gasteiger partial charge >= 0.3 is 0 Å². The van der Waals surface area contributed by atoms with Crippen LogP contribution in [0.15, 0.2) is 60.7 Å². The van der Waals surface area contributed by atoms with E-state index in [4.69, 9.17) is 9.47 Å². The number of carbonyl (C=O) groups is 1. The molecule has 3 aromatic carbocycles. The summed E-state index contributed by atoms with van der Waals surface area (Å²) in [5, 5.41) is 11.0. The molecule has 0 spiro atoms. The minimum Gasteiger partial charge on any atom is -0.493 e. The van der Waals surface area contributed by atoms with Crippen LogP contribution in [0.1, 0.15) is 33.9 Å². The zero-order valence-electron chi connectivity index (χ0n) is 23.3. The average molecular weight is 537 g/mol. The standard InChI is InChI=1S/C33H36N4O3/c1-23-32(24(2)35-34-23)29-12-6-11-28-27(13-7-19-40-31-14-5-9-25-8-3-4-10-26(25)31)30(22-38)37(33(28)29)16-15-36-17-20-39-21-18-36/h3-6,8-12,14,22H,7,13,15-21H2,1-2H3,(H,34,35). The molecular weight excluding hydrogens is 500 g/mol. The summed E-state index contributed by atoms with van der Waals surface area (Å²) in [6, 6.07) is 20.9. The van der Waals surface area contributed by atoms with E-state index in [1.807, 2.05) is 31.2 Å². The fourth-order valence-corrected chi connectivity index (χ4v) is 6.10.